The lowest BCUT2D eigenvalue weighted by Gasteiger charge is -2.09. The average Bonchev–Trinajstić information content (AvgIpc) is 2.24. The molecule has 0 aliphatic carbocycles. The molecule has 0 aromatic heterocycles. The van der Waals surface area contributed by atoms with Gasteiger partial charge in [0.2, 0.25) is 0 Å². The number of ether oxygens (including phenoxy) is 1. The number of esters is 1. The molecule has 0 aliphatic heterocycles. The van der Waals surface area contributed by atoms with Crippen LogP contribution < -0.4 is 0 Å². The second-order valence-corrected chi connectivity index (χ2v) is 3.64. The number of hydrogen-bond donors (Lipinski definition) is 1. The molecule has 1 atom stereocenters. The molecule has 1 unspecified atom stereocenters. The summed E-state index contributed by atoms with van der Waals surface area (Å²) in [4.78, 5) is 22.1. The number of unbranched alkanes of at least 4 members (excludes halogenated alkanes) is 3. The van der Waals surface area contributed by atoms with Crippen molar-refractivity contribution in [2.45, 2.75) is 39.0 Å². The zero-order valence-electron chi connectivity index (χ0n) is 9.78. The van der Waals surface area contributed by atoms with E-state index in [-0.39, 0.29) is 6.42 Å². The van der Waals surface area contributed by atoms with Gasteiger partial charge < -0.3 is 9.84 Å². The van der Waals surface area contributed by atoms with E-state index in [4.69, 9.17) is 9.84 Å². The van der Waals surface area contributed by atoms with Crippen LogP contribution in [0.15, 0.2) is 12.7 Å². The van der Waals surface area contributed by atoms with Crippen molar-refractivity contribution in [3.63, 3.8) is 0 Å². The Morgan fingerprint density at radius 3 is 2.56 bits per heavy atom. The molecular weight excluding hydrogens is 208 g/mol. The first-order valence-electron chi connectivity index (χ1n) is 5.63. The SMILES string of the molecule is C=CCC(C(=O)O)C(=O)OCCCCCC. The molecule has 0 radical (unpaired) electrons. The van der Waals surface area contributed by atoms with Crippen LogP contribution in [-0.2, 0) is 14.3 Å². The number of carboxylic acid groups (broad SMARTS) is 1. The van der Waals surface area contributed by atoms with E-state index in [0.717, 1.165) is 25.7 Å². The Labute approximate surface area is 96.3 Å². The quantitative estimate of drug-likeness (QED) is 0.285. The van der Waals surface area contributed by atoms with Gasteiger partial charge in [0.1, 0.15) is 0 Å². The number of aliphatic carboxylic acids is 1. The summed E-state index contributed by atoms with van der Waals surface area (Å²) >= 11 is 0. The molecule has 0 spiro atoms. The van der Waals surface area contributed by atoms with Crippen LogP contribution >= 0.6 is 0 Å². The summed E-state index contributed by atoms with van der Waals surface area (Å²) in [5, 5.41) is 8.77. The molecule has 0 amide bonds. The minimum Gasteiger partial charge on any atom is -0.481 e. The van der Waals surface area contributed by atoms with Gasteiger partial charge in [0.25, 0.3) is 0 Å². The lowest BCUT2D eigenvalue weighted by molar-refractivity contribution is -0.158. The molecule has 0 aliphatic rings. The highest BCUT2D eigenvalue weighted by Crippen LogP contribution is 2.08. The largest absolute Gasteiger partial charge is 0.481 e. The number of carboxylic acids is 1. The Kier molecular flexibility index (Phi) is 8.21. The second-order valence-electron chi connectivity index (χ2n) is 3.64. The van der Waals surface area contributed by atoms with E-state index < -0.39 is 17.9 Å². The normalized spacial score (nSPS) is 11.8. The topological polar surface area (TPSA) is 63.6 Å². The Morgan fingerprint density at radius 1 is 1.38 bits per heavy atom. The standard InChI is InChI=1S/C12H20O4/c1-3-5-6-7-9-16-12(15)10(8-4-2)11(13)14/h4,10H,2-3,5-9H2,1H3,(H,13,14). The molecule has 0 fully saturated rings. The molecule has 0 bridgehead atoms. The fourth-order valence-electron chi connectivity index (χ4n) is 1.27. The minimum atomic E-state index is -1.15. The van der Waals surface area contributed by atoms with Crippen molar-refractivity contribution >= 4 is 11.9 Å². The van der Waals surface area contributed by atoms with Gasteiger partial charge in [0, 0.05) is 0 Å². The van der Waals surface area contributed by atoms with Crippen LogP contribution in [0.2, 0.25) is 0 Å². The van der Waals surface area contributed by atoms with Crippen LogP contribution in [0.3, 0.4) is 0 Å². The third-order valence-electron chi connectivity index (χ3n) is 2.23. The maximum absolute atomic E-state index is 11.4. The number of carbonyl (C=O) groups excluding carboxylic acids is 1. The molecule has 0 heterocycles. The van der Waals surface area contributed by atoms with Crippen LogP contribution in [0.5, 0.6) is 0 Å². The van der Waals surface area contributed by atoms with Crippen LogP contribution in [0, 0.1) is 5.92 Å². The highest BCUT2D eigenvalue weighted by molar-refractivity contribution is 5.94. The van der Waals surface area contributed by atoms with Gasteiger partial charge in [-0.2, -0.15) is 0 Å². The Hall–Kier alpha value is -1.32. The van der Waals surface area contributed by atoms with Crippen LogP contribution in [0.1, 0.15) is 39.0 Å². The van der Waals surface area contributed by atoms with Crippen molar-refractivity contribution < 1.29 is 19.4 Å². The Balaban J connectivity index is 3.83. The van der Waals surface area contributed by atoms with Crippen molar-refractivity contribution in [3.05, 3.63) is 12.7 Å². The van der Waals surface area contributed by atoms with E-state index in [0.29, 0.717) is 6.61 Å². The summed E-state index contributed by atoms with van der Waals surface area (Å²) in [6.45, 7) is 5.81. The average molecular weight is 228 g/mol. The molecule has 0 rings (SSSR count). The Morgan fingerprint density at radius 2 is 2.06 bits per heavy atom. The third-order valence-corrected chi connectivity index (χ3v) is 2.23. The van der Waals surface area contributed by atoms with Gasteiger partial charge in [-0.3, -0.25) is 9.59 Å². The summed E-state index contributed by atoms with van der Waals surface area (Å²) in [6.07, 6.45) is 5.54. The lowest BCUT2D eigenvalue weighted by Crippen LogP contribution is -2.25. The zero-order chi connectivity index (χ0) is 12.4. The van der Waals surface area contributed by atoms with Gasteiger partial charge in [-0.1, -0.05) is 32.3 Å². The summed E-state index contributed by atoms with van der Waals surface area (Å²) in [6, 6.07) is 0. The number of allylic oxidation sites excluding steroid dienone is 1. The maximum atomic E-state index is 11.4. The third kappa shape index (κ3) is 6.22. The summed E-state index contributed by atoms with van der Waals surface area (Å²) in [5.74, 6) is -2.92. The fraction of sp³-hybridized carbons (Fsp3) is 0.667. The van der Waals surface area contributed by atoms with Crippen LogP contribution in [0.4, 0.5) is 0 Å². The van der Waals surface area contributed by atoms with E-state index in [9.17, 15) is 9.59 Å². The van der Waals surface area contributed by atoms with Gasteiger partial charge in [-0.05, 0) is 12.8 Å². The second kappa shape index (κ2) is 8.95. The number of rotatable bonds is 9. The number of carbonyl (C=O) groups is 2. The highest BCUT2D eigenvalue weighted by atomic mass is 16.5. The van der Waals surface area contributed by atoms with Crippen molar-refractivity contribution in [2.75, 3.05) is 6.61 Å². The fourth-order valence-corrected chi connectivity index (χ4v) is 1.27. The monoisotopic (exact) mass is 228 g/mol. The first kappa shape index (κ1) is 14.7. The van der Waals surface area contributed by atoms with Gasteiger partial charge in [0.05, 0.1) is 6.61 Å². The molecule has 0 aromatic rings. The summed E-state index contributed by atoms with van der Waals surface area (Å²) < 4.78 is 4.90. The van der Waals surface area contributed by atoms with Gasteiger partial charge in [-0.25, -0.2) is 0 Å². The summed E-state index contributed by atoms with van der Waals surface area (Å²) in [5.41, 5.74) is 0. The van der Waals surface area contributed by atoms with Crippen molar-refractivity contribution in [2.24, 2.45) is 5.92 Å². The van der Waals surface area contributed by atoms with Crippen molar-refractivity contribution in [1.82, 2.24) is 0 Å². The maximum Gasteiger partial charge on any atom is 0.320 e. The Bertz CT molecular complexity index is 235. The molecule has 1 N–H and O–H groups in total. The first-order chi connectivity index (χ1) is 7.63. The van der Waals surface area contributed by atoms with Crippen molar-refractivity contribution in [1.29, 1.82) is 0 Å². The van der Waals surface area contributed by atoms with Crippen molar-refractivity contribution in [3.8, 4) is 0 Å². The molecule has 4 nitrogen and oxygen atoms in total. The smallest absolute Gasteiger partial charge is 0.320 e. The van der Waals surface area contributed by atoms with Gasteiger partial charge >= 0.3 is 11.9 Å². The summed E-state index contributed by atoms with van der Waals surface area (Å²) in [7, 11) is 0. The molecule has 92 valence electrons. The molecule has 0 aromatic carbocycles. The first-order valence-corrected chi connectivity index (χ1v) is 5.63. The molecule has 16 heavy (non-hydrogen) atoms. The molecule has 0 saturated heterocycles. The van der Waals surface area contributed by atoms with E-state index in [2.05, 4.69) is 13.5 Å². The van der Waals surface area contributed by atoms with E-state index >= 15 is 0 Å². The predicted octanol–water partition coefficient (Wildman–Crippen LogP) is 2.39. The predicted molar refractivity (Wildman–Crippen MR) is 61.0 cm³/mol. The van der Waals surface area contributed by atoms with Gasteiger partial charge in [0.15, 0.2) is 5.92 Å². The molecule has 4 heteroatoms. The van der Waals surface area contributed by atoms with E-state index in [1.807, 2.05) is 0 Å². The van der Waals surface area contributed by atoms with Gasteiger partial charge in [-0.15, -0.1) is 6.58 Å². The van der Waals surface area contributed by atoms with Crippen LogP contribution in [0.25, 0.3) is 0 Å². The molecule has 0 saturated carbocycles. The zero-order valence-corrected chi connectivity index (χ0v) is 9.78. The highest BCUT2D eigenvalue weighted by Gasteiger charge is 2.26. The van der Waals surface area contributed by atoms with E-state index in [1.165, 1.54) is 6.08 Å². The molecular formula is C12H20O4. The van der Waals surface area contributed by atoms with E-state index in [1.54, 1.807) is 0 Å². The minimum absolute atomic E-state index is 0.114. The lowest BCUT2D eigenvalue weighted by atomic mass is 10.1. The number of hydrogen-bond acceptors (Lipinski definition) is 3. The van der Waals surface area contributed by atoms with Crippen LogP contribution in [-0.4, -0.2) is 23.7 Å².